The molecule has 14 amide bonds. The van der Waals surface area contributed by atoms with Crippen LogP contribution in [0.3, 0.4) is 0 Å². The standard InChI is InChI=1S/C33H28N6O12.C13H12N2O6.C7H8N2O2/c40-23(3-1-21(38-29(46)9-10-30(38)47)16-36-25(42)5-6-26(36)43)34-19-13-18(33(50)51)14-20(15-19)35-24(41)4-2-22(39-31(48)11-12-32(39)49)17-37-27(44)7-8-28(37)45;16-9-2-3-10(17)14(9)7-8(1-6-13(20)21)15-11(18)4-5-12(15)19;8-5-1-4(7(10)11)2-6(9)3-5/h5-15,21-22H,1-4,16-17H2,(H,34,40)(H,35,41)(H,50,51);2-5,8H,1,6-7H2,(H,20,21);1-3H,8-9H2,(H,10,11). The van der Waals surface area contributed by atoms with Crippen LogP contribution in [0, 0.1) is 0 Å². The van der Waals surface area contributed by atoms with Crippen LogP contribution in [0.15, 0.2) is 109 Å². The Balaban J connectivity index is 0.000000280. The van der Waals surface area contributed by atoms with Crippen LogP contribution in [0.5, 0.6) is 0 Å². The van der Waals surface area contributed by atoms with Crippen molar-refractivity contribution in [3.63, 3.8) is 0 Å². The molecule has 0 bridgehead atoms. The number of rotatable bonds is 22. The van der Waals surface area contributed by atoms with Gasteiger partial charge in [0, 0.05) is 115 Å². The molecular weight excluding hydrogens is 1100 g/mol. The second-order valence-electron chi connectivity index (χ2n) is 18.4. The van der Waals surface area contributed by atoms with Crippen LogP contribution in [0.2, 0.25) is 0 Å². The van der Waals surface area contributed by atoms with Crippen molar-refractivity contribution in [3.05, 3.63) is 120 Å². The van der Waals surface area contributed by atoms with Crippen LogP contribution in [-0.2, 0) is 71.9 Å². The van der Waals surface area contributed by atoms with E-state index in [9.17, 15) is 86.6 Å². The Bertz CT molecular complexity index is 3140. The molecule has 30 heteroatoms. The van der Waals surface area contributed by atoms with Crippen molar-refractivity contribution in [1.29, 1.82) is 0 Å². The molecule has 2 aromatic carbocycles. The van der Waals surface area contributed by atoms with E-state index in [2.05, 4.69) is 10.6 Å². The first-order valence-electron chi connectivity index (χ1n) is 24.6. The summed E-state index contributed by atoms with van der Waals surface area (Å²) in [6, 6.07) is 4.75. The highest BCUT2D eigenvalue weighted by Crippen LogP contribution is 2.24. The number of nitrogens with zero attached hydrogens (tertiary/aromatic N) is 6. The van der Waals surface area contributed by atoms with Gasteiger partial charge in [0.15, 0.2) is 0 Å². The van der Waals surface area contributed by atoms with Gasteiger partial charge in [0.2, 0.25) is 11.8 Å². The molecule has 0 radical (unpaired) electrons. The molecule has 2 aromatic rings. The molecule has 0 saturated heterocycles. The number of nitrogens with two attached hydrogens (primary N) is 2. The van der Waals surface area contributed by atoms with Gasteiger partial charge in [0.1, 0.15) is 0 Å². The van der Waals surface area contributed by atoms with Gasteiger partial charge >= 0.3 is 17.9 Å². The van der Waals surface area contributed by atoms with Gasteiger partial charge < -0.3 is 37.4 Å². The maximum Gasteiger partial charge on any atom is 0.335 e. The fourth-order valence-corrected chi connectivity index (χ4v) is 8.71. The molecule has 8 rings (SSSR count). The van der Waals surface area contributed by atoms with Gasteiger partial charge in [-0.2, -0.15) is 0 Å². The topological polar surface area (TPSA) is 446 Å². The third-order valence-electron chi connectivity index (χ3n) is 12.6. The summed E-state index contributed by atoms with van der Waals surface area (Å²) in [7, 11) is 0. The lowest BCUT2D eigenvalue weighted by molar-refractivity contribution is -0.146. The Morgan fingerprint density at radius 1 is 0.361 bits per heavy atom. The summed E-state index contributed by atoms with van der Waals surface area (Å²) in [5.74, 6) is -12.5. The van der Waals surface area contributed by atoms with Gasteiger partial charge in [-0.1, -0.05) is 0 Å². The highest BCUT2D eigenvalue weighted by Gasteiger charge is 2.39. The number of hydrogen-bond donors (Lipinski definition) is 7. The van der Waals surface area contributed by atoms with Crippen molar-refractivity contribution >= 4 is 123 Å². The molecule has 6 aliphatic heterocycles. The minimum atomic E-state index is -1.40. The number of carboxylic acid groups (broad SMARTS) is 3. The number of hydrogen-bond acceptors (Lipinski definition) is 19. The molecule has 0 aromatic heterocycles. The summed E-state index contributed by atoms with van der Waals surface area (Å²) in [5.41, 5.74) is 11.1. The molecule has 0 spiro atoms. The van der Waals surface area contributed by atoms with E-state index in [0.29, 0.717) is 11.4 Å². The molecule has 430 valence electrons. The Hall–Kier alpha value is -11.3. The summed E-state index contributed by atoms with van der Waals surface area (Å²) >= 11 is 0. The Morgan fingerprint density at radius 2 is 0.614 bits per heavy atom. The second-order valence-corrected chi connectivity index (χ2v) is 18.4. The normalized spacial score (nSPS) is 17.1. The number of aliphatic carboxylic acids is 1. The third kappa shape index (κ3) is 15.7. The molecule has 6 aliphatic rings. The molecule has 0 aliphatic carbocycles. The van der Waals surface area contributed by atoms with E-state index in [1.807, 2.05) is 0 Å². The molecule has 83 heavy (non-hydrogen) atoms. The first kappa shape index (κ1) is 60.9. The van der Waals surface area contributed by atoms with Crippen LogP contribution < -0.4 is 22.1 Å². The number of carbonyl (C=O) groups is 17. The molecular formula is C53H48N10O20. The van der Waals surface area contributed by atoms with Crippen molar-refractivity contribution in [2.75, 3.05) is 41.7 Å². The van der Waals surface area contributed by atoms with Gasteiger partial charge in [-0.25, -0.2) is 9.59 Å². The van der Waals surface area contributed by atoms with Gasteiger partial charge in [-0.3, -0.25) is 101 Å². The van der Waals surface area contributed by atoms with Crippen LogP contribution in [0.1, 0.15) is 59.2 Å². The van der Waals surface area contributed by atoms with Gasteiger partial charge in [-0.05, 0) is 55.7 Å². The molecule has 0 saturated carbocycles. The van der Waals surface area contributed by atoms with E-state index in [1.165, 1.54) is 24.3 Å². The van der Waals surface area contributed by atoms with Crippen molar-refractivity contribution in [3.8, 4) is 0 Å². The van der Waals surface area contributed by atoms with Gasteiger partial charge in [0.05, 0.1) is 48.9 Å². The largest absolute Gasteiger partial charge is 0.481 e. The summed E-state index contributed by atoms with van der Waals surface area (Å²) in [4.78, 5) is 208. The number of anilines is 4. The number of carboxylic acids is 3. The summed E-state index contributed by atoms with van der Waals surface area (Å²) in [6.07, 6.45) is 11.2. The fraction of sp³-hybridized carbons (Fsp3) is 0.226. The number of imide groups is 6. The molecule has 9 N–H and O–H groups in total. The first-order chi connectivity index (χ1) is 39.2. The highest BCUT2D eigenvalue weighted by molar-refractivity contribution is 6.17. The number of aromatic carboxylic acids is 2. The van der Waals surface area contributed by atoms with E-state index >= 15 is 0 Å². The Kier molecular flexibility index (Phi) is 19.5. The lowest BCUT2D eigenvalue weighted by atomic mass is 10.1. The number of nitrogens with one attached hydrogen (secondary N) is 2. The van der Waals surface area contributed by atoms with Crippen molar-refractivity contribution in [2.45, 2.75) is 56.7 Å². The Morgan fingerprint density at radius 3 is 0.880 bits per heavy atom. The molecule has 6 heterocycles. The van der Waals surface area contributed by atoms with Crippen LogP contribution in [0.4, 0.5) is 22.7 Å². The lowest BCUT2D eigenvalue weighted by Gasteiger charge is -2.29. The summed E-state index contributed by atoms with van der Waals surface area (Å²) < 4.78 is 0. The number of carbonyl (C=O) groups excluding carboxylic acids is 14. The summed E-state index contributed by atoms with van der Waals surface area (Å²) in [6.45, 7) is -0.932. The van der Waals surface area contributed by atoms with Crippen LogP contribution >= 0.6 is 0 Å². The molecule has 0 fully saturated rings. The number of amides is 14. The first-order valence-corrected chi connectivity index (χ1v) is 24.6. The van der Waals surface area contributed by atoms with Crippen molar-refractivity contribution < 1.29 is 96.8 Å². The van der Waals surface area contributed by atoms with Crippen LogP contribution in [-0.4, -0.2) is 183 Å². The summed E-state index contributed by atoms with van der Waals surface area (Å²) in [5, 5.41) is 31.9. The highest BCUT2D eigenvalue weighted by atomic mass is 16.4. The van der Waals surface area contributed by atoms with E-state index in [4.69, 9.17) is 21.7 Å². The van der Waals surface area contributed by atoms with Crippen LogP contribution in [0.25, 0.3) is 0 Å². The zero-order chi connectivity index (χ0) is 61.0. The van der Waals surface area contributed by atoms with E-state index < -0.39 is 119 Å². The second kappa shape index (κ2) is 26.5. The SMILES string of the molecule is Nc1cc(N)cc(C(=O)O)c1.O=C(CCC(CN1C(=O)C=CC1=O)N1C(=O)C=CC1=O)Nc1cc(NC(=O)CCC(CN2C(=O)C=CC2=O)N2C(=O)C=CC2=O)cc(C(=O)O)c1.O=C(O)CCC(CN1C(=O)C=CC1=O)N1C(=O)C=CC1=O. The average molecular weight is 1150 g/mol. The average Bonchev–Trinajstić information content (AvgIpc) is 4.46. The maximum atomic E-state index is 13.0. The molecule has 30 nitrogen and oxygen atoms in total. The zero-order valence-corrected chi connectivity index (χ0v) is 43.1. The molecule has 3 unspecified atom stereocenters. The van der Waals surface area contributed by atoms with Crippen molar-refractivity contribution in [2.24, 2.45) is 0 Å². The minimum Gasteiger partial charge on any atom is -0.481 e. The zero-order valence-electron chi connectivity index (χ0n) is 43.1. The predicted octanol–water partition coefficient (Wildman–Crippen LogP) is -1.12. The maximum absolute atomic E-state index is 13.0. The van der Waals surface area contributed by atoms with Gasteiger partial charge in [-0.15, -0.1) is 0 Å². The fourth-order valence-electron chi connectivity index (χ4n) is 8.71. The smallest absolute Gasteiger partial charge is 0.335 e. The predicted molar refractivity (Wildman–Crippen MR) is 280 cm³/mol. The van der Waals surface area contributed by atoms with Gasteiger partial charge in [0.25, 0.3) is 70.9 Å². The number of benzene rings is 2. The Labute approximate surface area is 467 Å². The number of nitrogen functional groups attached to an aromatic ring is 2. The lowest BCUT2D eigenvalue weighted by Crippen LogP contribution is -2.48. The quantitative estimate of drug-likeness (QED) is 0.0542. The molecule has 3 atom stereocenters. The van der Waals surface area contributed by atoms with E-state index in [-0.39, 0.29) is 80.7 Å². The third-order valence-corrected chi connectivity index (χ3v) is 12.6. The van der Waals surface area contributed by atoms with E-state index in [1.54, 1.807) is 0 Å². The van der Waals surface area contributed by atoms with Crippen molar-refractivity contribution in [1.82, 2.24) is 29.4 Å². The minimum absolute atomic E-state index is 0.0362. The monoisotopic (exact) mass is 1140 g/mol. The van der Waals surface area contributed by atoms with E-state index in [0.717, 1.165) is 114 Å².